The first kappa shape index (κ1) is 26.2. The Morgan fingerprint density at radius 3 is 2.39 bits per heavy atom. The summed E-state index contributed by atoms with van der Waals surface area (Å²) in [5.41, 5.74) is -1.02. The maximum atomic E-state index is 13.0. The number of non-ortho nitro benzene ring substituents is 1. The van der Waals surface area contributed by atoms with Gasteiger partial charge < -0.3 is 15.2 Å². The quantitative estimate of drug-likeness (QED) is 0.298. The van der Waals surface area contributed by atoms with E-state index < -0.39 is 50.5 Å². The lowest BCUT2D eigenvalue weighted by molar-refractivity contribution is -0.384. The molecule has 182 valence electrons. The van der Waals surface area contributed by atoms with Crippen LogP contribution in [0, 0.1) is 10.1 Å². The largest absolute Gasteiger partial charge is 0.480 e. The summed E-state index contributed by atoms with van der Waals surface area (Å²) in [6.07, 6.45) is 0.0815. The van der Waals surface area contributed by atoms with Crippen molar-refractivity contribution in [1.29, 1.82) is 0 Å². The number of carbonyl (C=O) groups excluding carboxylic acids is 2. The molecule has 0 bridgehead atoms. The zero-order chi connectivity index (χ0) is 25.0. The Morgan fingerprint density at radius 2 is 1.88 bits per heavy atom. The molecule has 0 aromatic heterocycles. The van der Waals surface area contributed by atoms with Crippen LogP contribution in [0.3, 0.4) is 0 Å². The molecule has 1 aromatic carbocycles. The number of carboxylic acids is 1. The number of nitro benzene ring substituents is 1. The summed E-state index contributed by atoms with van der Waals surface area (Å²) in [6, 6.07) is 1.72. The molecule has 1 aliphatic rings. The van der Waals surface area contributed by atoms with Gasteiger partial charge in [0.05, 0.1) is 9.82 Å². The Morgan fingerprint density at radius 1 is 1.27 bits per heavy atom. The van der Waals surface area contributed by atoms with E-state index in [1.807, 2.05) is 0 Å². The average molecular weight is 486 g/mol. The first-order valence-electron chi connectivity index (χ1n) is 10.2. The molecule has 1 amide bonds. The maximum Gasteiger partial charge on any atom is 0.326 e. The number of aliphatic carboxylic acids is 1. The van der Waals surface area contributed by atoms with E-state index in [0.29, 0.717) is 6.42 Å². The van der Waals surface area contributed by atoms with Crippen LogP contribution < -0.4 is 5.32 Å². The van der Waals surface area contributed by atoms with Crippen LogP contribution in [0.5, 0.6) is 0 Å². The predicted octanol–water partition coefficient (Wildman–Crippen LogP) is 1.44. The molecule has 1 saturated heterocycles. The lowest BCUT2D eigenvalue weighted by atomic mass is 10.1. The third-order valence-electron chi connectivity index (χ3n) is 4.83. The molecule has 2 N–H and O–H groups in total. The highest BCUT2D eigenvalue weighted by Crippen LogP contribution is 2.27. The van der Waals surface area contributed by atoms with Gasteiger partial charge in [0.2, 0.25) is 15.9 Å². The van der Waals surface area contributed by atoms with E-state index in [1.165, 1.54) is 0 Å². The summed E-state index contributed by atoms with van der Waals surface area (Å²) in [4.78, 5) is 46.2. The first-order valence-corrected chi connectivity index (χ1v) is 11.7. The van der Waals surface area contributed by atoms with Crippen LogP contribution in [0.2, 0.25) is 0 Å². The molecule has 2 atom stereocenters. The number of carboxylic acid groups (broad SMARTS) is 1. The highest BCUT2D eigenvalue weighted by atomic mass is 32.2. The Kier molecular flexibility index (Phi) is 8.14. The van der Waals surface area contributed by atoms with E-state index in [1.54, 1.807) is 20.8 Å². The number of nitro groups is 1. The monoisotopic (exact) mass is 485 g/mol. The molecule has 13 heteroatoms. The lowest BCUT2D eigenvalue weighted by Crippen LogP contribution is -2.50. The number of sulfonamides is 1. The number of rotatable bonds is 9. The minimum absolute atomic E-state index is 0.0348. The van der Waals surface area contributed by atoms with Crippen molar-refractivity contribution in [1.82, 2.24) is 9.62 Å². The number of nitrogens with zero attached hydrogens (tertiary/aromatic N) is 2. The van der Waals surface area contributed by atoms with Gasteiger partial charge in [0, 0.05) is 25.1 Å². The van der Waals surface area contributed by atoms with Gasteiger partial charge in [-0.2, -0.15) is 4.31 Å². The van der Waals surface area contributed by atoms with E-state index in [4.69, 9.17) is 4.74 Å². The Labute approximate surface area is 191 Å². The van der Waals surface area contributed by atoms with Crippen LogP contribution in [-0.4, -0.2) is 64.8 Å². The predicted molar refractivity (Wildman–Crippen MR) is 115 cm³/mol. The van der Waals surface area contributed by atoms with Crippen molar-refractivity contribution in [2.75, 3.05) is 6.54 Å². The van der Waals surface area contributed by atoms with Crippen LogP contribution in [0.4, 0.5) is 5.69 Å². The fourth-order valence-electron chi connectivity index (χ4n) is 3.35. The second-order valence-electron chi connectivity index (χ2n) is 8.55. The number of nitrogens with one attached hydrogen (secondary N) is 1. The third-order valence-corrected chi connectivity index (χ3v) is 6.75. The van der Waals surface area contributed by atoms with Gasteiger partial charge in [-0.05, 0) is 52.2 Å². The van der Waals surface area contributed by atoms with Gasteiger partial charge in [-0.25, -0.2) is 13.2 Å². The summed E-state index contributed by atoms with van der Waals surface area (Å²) in [5.74, 6) is -2.78. The normalized spacial score (nSPS) is 17.8. The molecule has 1 fully saturated rings. The van der Waals surface area contributed by atoms with Gasteiger partial charge in [0.15, 0.2) is 0 Å². The number of carbonyl (C=O) groups is 3. The fourth-order valence-corrected chi connectivity index (χ4v) is 5.00. The molecule has 2 rings (SSSR count). The van der Waals surface area contributed by atoms with E-state index in [9.17, 15) is 38.0 Å². The van der Waals surface area contributed by atoms with Gasteiger partial charge in [-0.1, -0.05) is 0 Å². The number of ether oxygens (including phenoxy) is 1. The third kappa shape index (κ3) is 6.96. The van der Waals surface area contributed by atoms with E-state index >= 15 is 0 Å². The second kappa shape index (κ2) is 10.3. The number of esters is 1. The minimum Gasteiger partial charge on any atom is -0.480 e. The molecule has 0 spiro atoms. The Bertz CT molecular complexity index is 1020. The molecule has 2 unspecified atom stereocenters. The lowest BCUT2D eigenvalue weighted by Gasteiger charge is -2.25. The van der Waals surface area contributed by atoms with Crippen molar-refractivity contribution in [3.63, 3.8) is 0 Å². The Hall–Kier alpha value is -3.06. The number of hydrogen-bond donors (Lipinski definition) is 2. The maximum absolute atomic E-state index is 13.0. The summed E-state index contributed by atoms with van der Waals surface area (Å²) >= 11 is 0. The fraction of sp³-hybridized carbons (Fsp3) is 0.550. The number of benzene rings is 1. The molecule has 0 radical (unpaired) electrons. The van der Waals surface area contributed by atoms with Crippen LogP contribution in [0.1, 0.15) is 46.5 Å². The average Bonchev–Trinajstić information content (AvgIpc) is 3.20. The van der Waals surface area contributed by atoms with E-state index in [2.05, 4.69) is 5.32 Å². The van der Waals surface area contributed by atoms with Crippen LogP contribution in [0.15, 0.2) is 29.2 Å². The second-order valence-corrected chi connectivity index (χ2v) is 10.4. The molecule has 0 aliphatic carbocycles. The number of amides is 1. The van der Waals surface area contributed by atoms with Gasteiger partial charge in [0.1, 0.15) is 17.7 Å². The SMILES string of the molecule is CC(C)(C)OC(=O)CCC(NC(=O)C1CCCN1S(=O)(=O)c1ccc([N+](=O)[O-])cc1)C(=O)O. The van der Waals surface area contributed by atoms with Crippen molar-refractivity contribution < 1.29 is 37.6 Å². The van der Waals surface area contributed by atoms with Crippen molar-refractivity contribution in [2.24, 2.45) is 0 Å². The Balaban J connectivity index is 2.11. The summed E-state index contributed by atoms with van der Waals surface area (Å²) in [5, 5.41) is 22.5. The molecule has 0 saturated carbocycles. The molecular formula is C20H27N3O9S. The first-order chi connectivity index (χ1) is 15.2. The van der Waals surface area contributed by atoms with Crippen molar-refractivity contribution in [2.45, 2.75) is 69.0 Å². The molecule has 1 aliphatic heterocycles. The van der Waals surface area contributed by atoms with Gasteiger partial charge in [-0.3, -0.25) is 19.7 Å². The number of hydrogen-bond acceptors (Lipinski definition) is 8. The summed E-state index contributed by atoms with van der Waals surface area (Å²) in [6.45, 7) is 5.04. The molecule has 1 aromatic rings. The molecule has 1 heterocycles. The van der Waals surface area contributed by atoms with E-state index in [0.717, 1.165) is 28.6 Å². The summed E-state index contributed by atoms with van der Waals surface area (Å²) in [7, 11) is -4.15. The standard InChI is InChI=1S/C20H27N3O9S/c1-20(2,3)32-17(24)11-10-15(19(26)27)21-18(25)16-5-4-12-22(16)33(30,31)14-8-6-13(7-9-14)23(28)29/h6-9,15-16H,4-5,10-12H2,1-3H3,(H,21,25)(H,26,27). The highest BCUT2D eigenvalue weighted by molar-refractivity contribution is 7.89. The van der Waals surface area contributed by atoms with E-state index in [-0.39, 0.29) is 36.4 Å². The molecule has 12 nitrogen and oxygen atoms in total. The smallest absolute Gasteiger partial charge is 0.326 e. The summed E-state index contributed by atoms with van der Waals surface area (Å²) < 4.78 is 32.1. The molecule has 33 heavy (non-hydrogen) atoms. The van der Waals surface area contributed by atoms with Gasteiger partial charge in [-0.15, -0.1) is 0 Å². The topological polar surface area (TPSA) is 173 Å². The van der Waals surface area contributed by atoms with Crippen LogP contribution in [0.25, 0.3) is 0 Å². The van der Waals surface area contributed by atoms with Crippen molar-refractivity contribution >= 4 is 33.6 Å². The highest BCUT2D eigenvalue weighted by Gasteiger charge is 2.40. The minimum atomic E-state index is -4.15. The van der Waals surface area contributed by atoms with Crippen LogP contribution in [-0.2, 0) is 29.1 Å². The van der Waals surface area contributed by atoms with Crippen LogP contribution >= 0.6 is 0 Å². The van der Waals surface area contributed by atoms with Crippen molar-refractivity contribution in [3.8, 4) is 0 Å². The van der Waals surface area contributed by atoms with Crippen molar-refractivity contribution in [3.05, 3.63) is 34.4 Å². The zero-order valence-electron chi connectivity index (χ0n) is 18.5. The zero-order valence-corrected chi connectivity index (χ0v) is 19.3. The van der Waals surface area contributed by atoms with Gasteiger partial charge in [0.25, 0.3) is 5.69 Å². The molecular weight excluding hydrogens is 458 g/mol. The van der Waals surface area contributed by atoms with Gasteiger partial charge >= 0.3 is 11.9 Å².